The lowest BCUT2D eigenvalue weighted by molar-refractivity contribution is -0.132. The van der Waals surface area contributed by atoms with E-state index in [9.17, 15) is 9.59 Å². The van der Waals surface area contributed by atoms with Crippen LogP contribution in [0.2, 0.25) is 0 Å². The topological polar surface area (TPSA) is 93.9 Å². The molecule has 5 rings (SSSR count). The Bertz CT molecular complexity index is 998. The number of fused-ring (bicyclic) bond motifs is 1. The van der Waals surface area contributed by atoms with Gasteiger partial charge in [-0.2, -0.15) is 0 Å². The molecule has 2 saturated heterocycles. The van der Waals surface area contributed by atoms with E-state index in [2.05, 4.69) is 10.5 Å². The summed E-state index contributed by atoms with van der Waals surface area (Å²) in [5.41, 5.74) is 0.169. The molecule has 4 heterocycles. The minimum Gasteiger partial charge on any atom is -0.497 e. The molecule has 8 heteroatoms. The number of amides is 2. The first-order valence-corrected chi connectivity index (χ1v) is 9.53. The van der Waals surface area contributed by atoms with Crippen LogP contribution >= 0.6 is 0 Å². The minimum atomic E-state index is -0.781. The van der Waals surface area contributed by atoms with Crippen molar-refractivity contribution in [1.82, 2.24) is 10.5 Å². The number of aryl methyl sites for hydroxylation is 1. The Morgan fingerprint density at radius 3 is 2.86 bits per heavy atom. The van der Waals surface area contributed by atoms with Gasteiger partial charge in [0.1, 0.15) is 17.1 Å². The quantitative estimate of drug-likeness (QED) is 0.773. The highest BCUT2D eigenvalue weighted by atomic mass is 16.5. The number of nitrogens with zero attached hydrogens (tertiary/aromatic N) is 2. The number of carbonyl (C=O) groups is 2. The van der Waals surface area contributed by atoms with Gasteiger partial charge < -0.3 is 19.3 Å². The lowest BCUT2D eigenvalue weighted by Crippen LogP contribution is -2.44. The second-order valence-electron chi connectivity index (χ2n) is 7.69. The summed E-state index contributed by atoms with van der Waals surface area (Å²) in [6.07, 6.45) is 3.42. The van der Waals surface area contributed by atoms with Crippen LogP contribution in [-0.4, -0.2) is 42.3 Å². The number of methoxy groups -OCH3 is 1. The van der Waals surface area contributed by atoms with Crippen LogP contribution in [0, 0.1) is 18.8 Å². The van der Waals surface area contributed by atoms with Crippen molar-refractivity contribution >= 4 is 17.6 Å². The first-order chi connectivity index (χ1) is 14.0. The van der Waals surface area contributed by atoms with E-state index < -0.39 is 17.4 Å². The predicted molar refractivity (Wildman–Crippen MR) is 102 cm³/mol. The standard InChI is InChI=1S/C21H21N3O5/c1-12-9-16(23-29-12)24-11-21-8-7-15(28-21)17(18(21)20(24)26)19(25)22-10-13-3-5-14(27-2)6-4-13/h3-9,15,17-18H,10-11H2,1-2H3,(H,22,25)/t15-,17-,18+,21+/m1/s1. The zero-order valence-corrected chi connectivity index (χ0v) is 16.1. The number of hydrogen-bond donors (Lipinski definition) is 1. The van der Waals surface area contributed by atoms with E-state index in [4.69, 9.17) is 14.0 Å². The number of carbonyl (C=O) groups excluding carboxylic acids is 2. The summed E-state index contributed by atoms with van der Waals surface area (Å²) < 4.78 is 16.4. The summed E-state index contributed by atoms with van der Waals surface area (Å²) in [6.45, 7) is 2.47. The van der Waals surface area contributed by atoms with Crippen molar-refractivity contribution < 1.29 is 23.6 Å². The van der Waals surface area contributed by atoms with Crippen LogP contribution in [0.5, 0.6) is 5.75 Å². The molecule has 1 spiro atoms. The molecule has 2 fully saturated rings. The number of anilines is 1. The van der Waals surface area contributed by atoms with Crippen LogP contribution in [0.3, 0.4) is 0 Å². The Balaban J connectivity index is 1.33. The van der Waals surface area contributed by atoms with Crippen molar-refractivity contribution in [2.75, 3.05) is 18.6 Å². The maximum Gasteiger partial charge on any atom is 0.235 e. The highest BCUT2D eigenvalue weighted by Gasteiger charge is 2.67. The summed E-state index contributed by atoms with van der Waals surface area (Å²) in [6, 6.07) is 9.20. The fourth-order valence-corrected chi connectivity index (χ4v) is 4.52. The van der Waals surface area contributed by atoms with Crippen molar-refractivity contribution in [2.45, 2.75) is 25.2 Å². The van der Waals surface area contributed by atoms with Gasteiger partial charge in [0.25, 0.3) is 0 Å². The molecule has 1 N–H and O–H groups in total. The zero-order valence-electron chi connectivity index (χ0n) is 16.1. The van der Waals surface area contributed by atoms with Crippen LogP contribution < -0.4 is 15.0 Å². The largest absolute Gasteiger partial charge is 0.497 e. The molecule has 0 radical (unpaired) electrons. The van der Waals surface area contributed by atoms with Gasteiger partial charge in [0.05, 0.1) is 31.6 Å². The smallest absolute Gasteiger partial charge is 0.235 e. The molecule has 4 atom stereocenters. The Morgan fingerprint density at radius 2 is 2.17 bits per heavy atom. The number of benzene rings is 1. The fourth-order valence-electron chi connectivity index (χ4n) is 4.52. The Labute approximate surface area is 167 Å². The van der Waals surface area contributed by atoms with Gasteiger partial charge in [0, 0.05) is 12.6 Å². The Morgan fingerprint density at radius 1 is 1.38 bits per heavy atom. The second kappa shape index (κ2) is 6.45. The van der Waals surface area contributed by atoms with Gasteiger partial charge in [-0.3, -0.25) is 14.5 Å². The maximum absolute atomic E-state index is 13.2. The van der Waals surface area contributed by atoms with E-state index in [-0.39, 0.29) is 17.9 Å². The maximum atomic E-state index is 13.2. The molecule has 29 heavy (non-hydrogen) atoms. The van der Waals surface area contributed by atoms with E-state index in [0.717, 1.165) is 11.3 Å². The first kappa shape index (κ1) is 17.9. The van der Waals surface area contributed by atoms with Crippen molar-refractivity contribution in [1.29, 1.82) is 0 Å². The third-order valence-corrected chi connectivity index (χ3v) is 5.92. The van der Waals surface area contributed by atoms with Gasteiger partial charge in [0.15, 0.2) is 5.82 Å². The minimum absolute atomic E-state index is 0.158. The van der Waals surface area contributed by atoms with E-state index >= 15 is 0 Å². The third-order valence-electron chi connectivity index (χ3n) is 5.92. The van der Waals surface area contributed by atoms with Crippen LogP contribution in [0.1, 0.15) is 11.3 Å². The lowest BCUT2D eigenvalue weighted by atomic mass is 9.77. The summed E-state index contributed by atoms with van der Waals surface area (Å²) in [5, 5.41) is 6.91. The molecular weight excluding hydrogens is 374 g/mol. The number of hydrogen-bond acceptors (Lipinski definition) is 6. The second-order valence-corrected chi connectivity index (χ2v) is 7.69. The number of rotatable bonds is 5. The number of nitrogens with one attached hydrogen (secondary N) is 1. The molecule has 2 aromatic rings. The first-order valence-electron chi connectivity index (χ1n) is 9.53. The molecule has 0 saturated carbocycles. The van der Waals surface area contributed by atoms with Crippen molar-refractivity contribution in [3.05, 3.63) is 53.8 Å². The highest BCUT2D eigenvalue weighted by Crippen LogP contribution is 2.52. The van der Waals surface area contributed by atoms with E-state index in [0.29, 0.717) is 24.7 Å². The van der Waals surface area contributed by atoms with Crippen molar-refractivity contribution in [3.8, 4) is 5.75 Å². The normalized spacial score (nSPS) is 29.4. The third kappa shape index (κ3) is 2.74. The van der Waals surface area contributed by atoms with Gasteiger partial charge in [-0.15, -0.1) is 0 Å². The van der Waals surface area contributed by atoms with Crippen LogP contribution in [0.15, 0.2) is 47.0 Å². The van der Waals surface area contributed by atoms with E-state index in [1.165, 1.54) is 0 Å². The van der Waals surface area contributed by atoms with Gasteiger partial charge in [-0.25, -0.2) is 0 Å². The monoisotopic (exact) mass is 395 g/mol. The molecule has 0 aliphatic carbocycles. The zero-order chi connectivity index (χ0) is 20.2. The van der Waals surface area contributed by atoms with Gasteiger partial charge >= 0.3 is 0 Å². The van der Waals surface area contributed by atoms with Gasteiger partial charge in [-0.1, -0.05) is 29.4 Å². The molecule has 8 nitrogen and oxygen atoms in total. The Hall–Kier alpha value is -3.13. The average Bonchev–Trinajstić information content (AvgIpc) is 3.47. The molecule has 2 bridgehead atoms. The molecular formula is C21H21N3O5. The van der Waals surface area contributed by atoms with E-state index in [1.54, 1.807) is 25.0 Å². The fraction of sp³-hybridized carbons (Fsp3) is 0.381. The number of aromatic nitrogens is 1. The van der Waals surface area contributed by atoms with Gasteiger partial charge in [-0.05, 0) is 24.6 Å². The Kier molecular flexibility index (Phi) is 3.99. The van der Waals surface area contributed by atoms with Gasteiger partial charge in [0.2, 0.25) is 11.8 Å². The molecule has 0 unspecified atom stereocenters. The highest BCUT2D eigenvalue weighted by molar-refractivity contribution is 6.02. The average molecular weight is 395 g/mol. The van der Waals surface area contributed by atoms with Crippen LogP contribution in [-0.2, 0) is 20.9 Å². The van der Waals surface area contributed by atoms with E-state index in [1.807, 2.05) is 36.4 Å². The number of ether oxygens (including phenoxy) is 2. The summed E-state index contributed by atoms with van der Waals surface area (Å²) in [5.74, 6) is 0.358. The summed E-state index contributed by atoms with van der Waals surface area (Å²) in [7, 11) is 1.61. The predicted octanol–water partition coefficient (Wildman–Crippen LogP) is 1.59. The van der Waals surface area contributed by atoms with Crippen molar-refractivity contribution in [2.24, 2.45) is 11.8 Å². The lowest BCUT2D eigenvalue weighted by Gasteiger charge is -2.23. The SMILES string of the molecule is COc1ccc(CNC(=O)[C@H]2[C@H]3C(=O)N(c4cc(C)on4)C[C@@]34C=C[C@H]2O4)cc1. The van der Waals surface area contributed by atoms with Crippen molar-refractivity contribution in [3.63, 3.8) is 0 Å². The summed E-state index contributed by atoms with van der Waals surface area (Å²) in [4.78, 5) is 27.7. The molecule has 150 valence electrons. The molecule has 3 aliphatic rings. The summed E-state index contributed by atoms with van der Waals surface area (Å²) >= 11 is 0. The van der Waals surface area contributed by atoms with Crippen LogP contribution in [0.25, 0.3) is 0 Å². The van der Waals surface area contributed by atoms with Crippen LogP contribution in [0.4, 0.5) is 5.82 Å². The molecule has 2 amide bonds. The molecule has 3 aliphatic heterocycles. The molecule has 1 aromatic heterocycles. The molecule has 1 aromatic carbocycles.